The Hall–Kier alpha value is -2.33. The lowest BCUT2D eigenvalue weighted by Crippen LogP contribution is -2.30. The Morgan fingerprint density at radius 2 is 1.75 bits per heavy atom. The van der Waals surface area contributed by atoms with Crippen molar-refractivity contribution in [2.24, 2.45) is 0 Å². The van der Waals surface area contributed by atoms with Crippen molar-refractivity contribution in [3.05, 3.63) is 65.7 Å². The molecule has 0 unspecified atom stereocenters. The number of ether oxygens (including phenoxy) is 1. The first-order valence-electron chi connectivity index (χ1n) is 8.48. The minimum absolute atomic E-state index is 0.111. The molecule has 24 heavy (non-hydrogen) atoms. The van der Waals surface area contributed by atoms with E-state index in [9.17, 15) is 4.79 Å². The summed E-state index contributed by atoms with van der Waals surface area (Å²) in [6.07, 6.45) is 1.89. The van der Waals surface area contributed by atoms with Crippen LogP contribution in [0.2, 0.25) is 0 Å². The molecule has 1 saturated heterocycles. The summed E-state index contributed by atoms with van der Waals surface area (Å²) >= 11 is 0. The molecule has 1 fully saturated rings. The number of amides is 1. The van der Waals surface area contributed by atoms with E-state index in [2.05, 4.69) is 28.4 Å². The quantitative estimate of drug-likeness (QED) is 0.886. The lowest BCUT2D eigenvalue weighted by molar-refractivity contribution is -0.131. The van der Waals surface area contributed by atoms with Crippen LogP contribution in [0.15, 0.2) is 54.6 Å². The summed E-state index contributed by atoms with van der Waals surface area (Å²) in [5.74, 6) is -0.111. The first kappa shape index (κ1) is 16.5. The molecule has 4 nitrogen and oxygen atoms in total. The lowest BCUT2D eigenvalue weighted by atomic mass is 10.1. The molecule has 0 saturated carbocycles. The molecule has 3 rings (SSSR count). The summed E-state index contributed by atoms with van der Waals surface area (Å²) in [6, 6.07) is 17.9. The van der Waals surface area contributed by atoms with Crippen LogP contribution < -0.4 is 10.2 Å². The molecule has 0 radical (unpaired) electrons. The molecule has 1 amide bonds. The predicted molar refractivity (Wildman–Crippen MR) is 95.9 cm³/mol. The molecule has 0 aliphatic carbocycles. The van der Waals surface area contributed by atoms with Gasteiger partial charge >= 0.3 is 0 Å². The number of methoxy groups -OCH3 is 1. The number of benzene rings is 2. The summed E-state index contributed by atoms with van der Waals surface area (Å²) in [5, 5.41) is 3.02. The fourth-order valence-corrected chi connectivity index (χ4v) is 3.22. The Morgan fingerprint density at radius 3 is 2.46 bits per heavy atom. The number of carbonyl (C=O) groups excluding carboxylic acids is 1. The van der Waals surface area contributed by atoms with Crippen LogP contribution >= 0.6 is 0 Å². The minimum Gasteiger partial charge on any atom is -0.371 e. The highest BCUT2D eigenvalue weighted by Crippen LogP contribution is 2.24. The van der Waals surface area contributed by atoms with Crippen molar-refractivity contribution in [2.75, 3.05) is 25.1 Å². The smallest absolute Gasteiger partial charge is 0.254 e. The molecule has 0 bridgehead atoms. The zero-order valence-corrected chi connectivity index (χ0v) is 14.1. The third kappa shape index (κ3) is 3.77. The lowest BCUT2D eigenvalue weighted by Gasteiger charge is -2.22. The van der Waals surface area contributed by atoms with Crippen LogP contribution in [-0.2, 0) is 16.1 Å². The Bertz CT molecular complexity index is 666. The van der Waals surface area contributed by atoms with Crippen LogP contribution in [0.3, 0.4) is 0 Å². The van der Waals surface area contributed by atoms with Crippen LogP contribution in [0.1, 0.15) is 30.1 Å². The molecule has 1 N–H and O–H groups in total. The number of carbonyl (C=O) groups is 1. The van der Waals surface area contributed by atoms with E-state index in [1.807, 2.05) is 36.4 Å². The van der Waals surface area contributed by atoms with E-state index in [0.29, 0.717) is 6.54 Å². The molecule has 1 heterocycles. The van der Waals surface area contributed by atoms with E-state index in [1.54, 1.807) is 7.11 Å². The highest BCUT2D eigenvalue weighted by molar-refractivity contribution is 5.82. The molecule has 4 heteroatoms. The van der Waals surface area contributed by atoms with Crippen LogP contribution in [-0.4, -0.2) is 26.1 Å². The van der Waals surface area contributed by atoms with Gasteiger partial charge in [0, 0.05) is 32.4 Å². The van der Waals surface area contributed by atoms with Gasteiger partial charge < -0.3 is 15.0 Å². The maximum Gasteiger partial charge on any atom is 0.254 e. The number of anilines is 1. The molecule has 126 valence electrons. The van der Waals surface area contributed by atoms with Crippen LogP contribution in [0, 0.1) is 0 Å². The maximum atomic E-state index is 12.5. The molecule has 1 aliphatic rings. The summed E-state index contributed by atoms with van der Waals surface area (Å²) in [7, 11) is 1.56. The molecule has 2 aromatic carbocycles. The summed E-state index contributed by atoms with van der Waals surface area (Å²) < 4.78 is 5.39. The van der Waals surface area contributed by atoms with Crippen molar-refractivity contribution in [1.82, 2.24) is 5.32 Å². The Morgan fingerprint density at radius 1 is 1.08 bits per heavy atom. The monoisotopic (exact) mass is 324 g/mol. The van der Waals surface area contributed by atoms with Crippen molar-refractivity contribution in [3.63, 3.8) is 0 Å². The number of nitrogens with zero attached hydrogens (tertiary/aromatic N) is 1. The second kappa shape index (κ2) is 7.97. The fourth-order valence-electron chi connectivity index (χ4n) is 3.22. The van der Waals surface area contributed by atoms with Crippen LogP contribution in [0.25, 0.3) is 0 Å². The molecule has 1 aliphatic heterocycles. The van der Waals surface area contributed by atoms with Crippen molar-refractivity contribution in [1.29, 1.82) is 0 Å². The zero-order valence-electron chi connectivity index (χ0n) is 14.1. The average Bonchev–Trinajstić information content (AvgIpc) is 3.16. The van der Waals surface area contributed by atoms with Gasteiger partial charge in [-0.25, -0.2) is 0 Å². The van der Waals surface area contributed by atoms with E-state index in [0.717, 1.165) is 24.2 Å². The molecule has 0 spiro atoms. The maximum absolute atomic E-state index is 12.5. The standard InChI is InChI=1S/C20H24N2O2/c1-24-19(16-9-3-2-4-10-16)20(23)21-15-17-11-5-6-12-18(17)22-13-7-8-14-22/h2-6,9-12,19H,7-8,13-15H2,1H3,(H,21,23)/t19-/m0/s1. The van der Waals surface area contributed by atoms with Crippen molar-refractivity contribution in [2.45, 2.75) is 25.5 Å². The van der Waals surface area contributed by atoms with E-state index in [1.165, 1.54) is 18.5 Å². The van der Waals surface area contributed by atoms with Crippen molar-refractivity contribution < 1.29 is 9.53 Å². The predicted octanol–water partition coefficient (Wildman–Crippen LogP) is 3.29. The molecule has 2 aromatic rings. The molecule has 0 aromatic heterocycles. The number of para-hydroxylation sites is 1. The fraction of sp³-hybridized carbons (Fsp3) is 0.350. The van der Waals surface area contributed by atoms with Crippen molar-refractivity contribution >= 4 is 11.6 Å². The number of nitrogens with one attached hydrogen (secondary N) is 1. The summed E-state index contributed by atoms with van der Waals surface area (Å²) in [5.41, 5.74) is 3.24. The van der Waals surface area contributed by atoms with E-state index in [4.69, 9.17) is 4.74 Å². The SMILES string of the molecule is CO[C@H](C(=O)NCc1ccccc1N1CCCC1)c1ccccc1. The topological polar surface area (TPSA) is 41.6 Å². The van der Waals surface area contributed by atoms with Gasteiger partial charge in [-0.1, -0.05) is 48.5 Å². The van der Waals surface area contributed by atoms with Gasteiger partial charge in [-0.05, 0) is 30.0 Å². The Labute approximate surface area is 143 Å². The highest BCUT2D eigenvalue weighted by atomic mass is 16.5. The molecular weight excluding hydrogens is 300 g/mol. The third-order valence-electron chi connectivity index (χ3n) is 4.47. The molecule has 1 atom stereocenters. The number of hydrogen-bond donors (Lipinski definition) is 1. The number of hydrogen-bond acceptors (Lipinski definition) is 3. The Balaban J connectivity index is 1.68. The van der Waals surface area contributed by atoms with E-state index >= 15 is 0 Å². The van der Waals surface area contributed by atoms with Gasteiger partial charge in [0.2, 0.25) is 0 Å². The van der Waals surface area contributed by atoms with Gasteiger partial charge in [0.05, 0.1) is 0 Å². The van der Waals surface area contributed by atoms with Gasteiger partial charge in [-0.15, -0.1) is 0 Å². The van der Waals surface area contributed by atoms with Gasteiger partial charge in [-0.3, -0.25) is 4.79 Å². The van der Waals surface area contributed by atoms with Crippen molar-refractivity contribution in [3.8, 4) is 0 Å². The second-order valence-corrected chi connectivity index (χ2v) is 6.07. The Kier molecular flexibility index (Phi) is 5.49. The molecular formula is C20H24N2O2. The van der Waals surface area contributed by atoms with Gasteiger partial charge in [0.25, 0.3) is 5.91 Å². The first-order valence-corrected chi connectivity index (χ1v) is 8.48. The van der Waals surface area contributed by atoms with Crippen LogP contribution in [0.5, 0.6) is 0 Å². The number of rotatable bonds is 6. The largest absolute Gasteiger partial charge is 0.371 e. The van der Waals surface area contributed by atoms with Gasteiger partial charge in [0.1, 0.15) is 0 Å². The van der Waals surface area contributed by atoms with E-state index < -0.39 is 6.10 Å². The van der Waals surface area contributed by atoms with Gasteiger partial charge in [-0.2, -0.15) is 0 Å². The first-order chi connectivity index (χ1) is 11.8. The summed E-state index contributed by atoms with van der Waals surface area (Å²) in [4.78, 5) is 14.9. The zero-order chi connectivity index (χ0) is 16.8. The van der Waals surface area contributed by atoms with Gasteiger partial charge in [0.15, 0.2) is 6.10 Å². The summed E-state index contributed by atoms with van der Waals surface area (Å²) in [6.45, 7) is 2.70. The second-order valence-electron chi connectivity index (χ2n) is 6.07. The van der Waals surface area contributed by atoms with E-state index in [-0.39, 0.29) is 5.91 Å². The normalized spacial score (nSPS) is 15.3. The minimum atomic E-state index is -0.579. The third-order valence-corrected chi connectivity index (χ3v) is 4.47. The average molecular weight is 324 g/mol. The highest BCUT2D eigenvalue weighted by Gasteiger charge is 2.20. The van der Waals surface area contributed by atoms with Crippen LogP contribution in [0.4, 0.5) is 5.69 Å².